The fraction of sp³-hybridized carbons (Fsp3) is 0.0625. The first-order valence-corrected chi connectivity index (χ1v) is 12.4. The van der Waals surface area contributed by atoms with Crippen LogP contribution in [0.2, 0.25) is 0 Å². The van der Waals surface area contributed by atoms with Crippen LogP contribution in [0.1, 0.15) is 11.1 Å². The van der Waals surface area contributed by atoms with Crippen molar-refractivity contribution in [3.8, 4) is 5.69 Å². The Morgan fingerprint density at radius 2 is 1.06 bits per heavy atom. The van der Waals surface area contributed by atoms with Crippen molar-refractivity contribution >= 4 is 53.3 Å². The summed E-state index contributed by atoms with van der Waals surface area (Å²) in [7, 11) is 0. The van der Waals surface area contributed by atoms with Crippen molar-refractivity contribution in [3.05, 3.63) is 126 Å². The summed E-state index contributed by atoms with van der Waals surface area (Å²) in [5, 5.41) is 5.42. The van der Waals surface area contributed by atoms with Gasteiger partial charge in [0.1, 0.15) is 0 Å². The first-order valence-electron chi connectivity index (χ1n) is 11.6. The largest absolute Gasteiger partial charge is 0.309 e. The van der Waals surface area contributed by atoms with Crippen LogP contribution in [0.3, 0.4) is 0 Å². The summed E-state index contributed by atoms with van der Waals surface area (Å²) in [6.07, 6.45) is 0. The fourth-order valence-corrected chi connectivity index (χ4v) is 5.87. The zero-order valence-electron chi connectivity index (χ0n) is 19.3. The van der Waals surface area contributed by atoms with E-state index in [2.05, 4.69) is 134 Å². The third kappa shape index (κ3) is 3.57. The Bertz CT molecular complexity index is 1770. The predicted octanol–water partition coefficient (Wildman–Crippen LogP) is 9.46. The zero-order valence-corrected chi connectivity index (χ0v) is 20.1. The molecule has 0 radical (unpaired) electrons. The van der Waals surface area contributed by atoms with Crippen molar-refractivity contribution in [2.75, 3.05) is 0 Å². The number of thiophene rings is 1. The minimum atomic E-state index is 1.21. The van der Waals surface area contributed by atoms with E-state index in [1.807, 2.05) is 11.3 Å². The molecule has 7 aromatic rings. The van der Waals surface area contributed by atoms with Gasteiger partial charge in [0.2, 0.25) is 0 Å². The summed E-state index contributed by atoms with van der Waals surface area (Å²) in [6.45, 7) is 4.29. The fourth-order valence-electron chi connectivity index (χ4n) is 4.78. The molecule has 0 fully saturated rings. The average molecular weight is 456 g/mol. The second-order valence-electron chi connectivity index (χ2n) is 8.81. The molecule has 0 saturated carbocycles. The molecule has 0 bridgehead atoms. The summed E-state index contributed by atoms with van der Waals surface area (Å²) in [5.41, 5.74) is 6.37. The molecular formula is C32H25NS. The van der Waals surface area contributed by atoms with Crippen molar-refractivity contribution < 1.29 is 0 Å². The smallest absolute Gasteiger partial charge is 0.0541 e. The van der Waals surface area contributed by atoms with Gasteiger partial charge in [0, 0.05) is 36.6 Å². The normalized spacial score (nSPS) is 11.2. The van der Waals surface area contributed by atoms with Gasteiger partial charge in [-0.05, 0) is 62.4 Å². The van der Waals surface area contributed by atoms with E-state index in [4.69, 9.17) is 0 Å². The maximum absolute atomic E-state index is 2.34. The van der Waals surface area contributed by atoms with Crippen LogP contribution in [0.25, 0.3) is 47.7 Å². The van der Waals surface area contributed by atoms with Gasteiger partial charge < -0.3 is 4.57 Å². The Morgan fingerprint density at radius 1 is 0.471 bits per heavy atom. The van der Waals surface area contributed by atoms with E-state index in [1.165, 1.54) is 58.8 Å². The van der Waals surface area contributed by atoms with Gasteiger partial charge in [0.25, 0.3) is 0 Å². The average Bonchev–Trinajstić information content (AvgIpc) is 3.40. The second-order valence-corrected chi connectivity index (χ2v) is 9.89. The van der Waals surface area contributed by atoms with Crippen molar-refractivity contribution in [2.45, 2.75) is 13.8 Å². The number of rotatable bonds is 1. The first kappa shape index (κ1) is 20.7. The minimum Gasteiger partial charge on any atom is -0.309 e. The molecular weight excluding hydrogens is 430 g/mol. The number of fused-ring (bicyclic) bond motifs is 6. The highest BCUT2D eigenvalue weighted by Gasteiger charge is 2.11. The van der Waals surface area contributed by atoms with Crippen molar-refractivity contribution in [1.29, 1.82) is 0 Å². The van der Waals surface area contributed by atoms with Gasteiger partial charge in [0.05, 0.1) is 11.0 Å². The van der Waals surface area contributed by atoms with E-state index >= 15 is 0 Å². The zero-order chi connectivity index (χ0) is 23.1. The minimum absolute atomic E-state index is 1.21. The molecule has 5 aromatic carbocycles. The number of aromatic nitrogens is 1. The highest BCUT2D eigenvalue weighted by molar-refractivity contribution is 7.25. The molecule has 0 unspecified atom stereocenters. The summed E-state index contributed by atoms with van der Waals surface area (Å²) >= 11 is 1.87. The van der Waals surface area contributed by atoms with E-state index in [-0.39, 0.29) is 0 Å². The molecule has 0 aliphatic heterocycles. The van der Waals surface area contributed by atoms with Gasteiger partial charge in [-0.3, -0.25) is 0 Å². The molecule has 2 heteroatoms. The summed E-state index contributed by atoms with van der Waals surface area (Å²) in [5.74, 6) is 0. The molecule has 164 valence electrons. The van der Waals surface area contributed by atoms with Crippen LogP contribution < -0.4 is 0 Å². The van der Waals surface area contributed by atoms with Gasteiger partial charge >= 0.3 is 0 Å². The molecule has 1 nitrogen and oxygen atoms in total. The second kappa shape index (κ2) is 8.48. The van der Waals surface area contributed by atoms with E-state index in [0.29, 0.717) is 0 Å². The van der Waals surface area contributed by atoms with Crippen molar-refractivity contribution in [3.63, 3.8) is 0 Å². The molecule has 0 saturated heterocycles. The quantitative estimate of drug-likeness (QED) is 0.232. The van der Waals surface area contributed by atoms with Crippen LogP contribution in [0.5, 0.6) is 0 Å². The lowest BCUT2D eigenvalue weighted by molar-refractivity contribution is 1.18. The van der Waals surface area contributed by atoms with Crippen molar-refractivity contribution in [2.24, 2.45) is 0 Å². The molecule has 0 spiro atoms. The standard InChI is InChI=1S/C19H15N.C13H10S/c1-14-11-12-19-17(13-14)16-9-5-6-10-18(16)20(19)15-7-3-2-4-8-15;1-9-6-7-13-11(8-9)10-4-2-3-5-12(10)14-13/h2-13H,1H3;2-8H,1H3. The van der Waals surface area contributed by atoms with Crippen LogP contribution in [-0.2, 0) is 0 Å². The van der Waals surface area contributed by atoms with Gasteiger partial charge in [-0.1, -0.05) is 77.9 Å². The van der Waals surface area contributed by atoms with Gasteiger partial charge in [-0.15, -0.1) is 11.3 Å². The molecule has 34 heavy (non-hydrogen) atoms. The maximum atomic E-state index is 2.34. The molecule has 0 aliphatic carbocycles. The van der Waals surface area contributed by atoms with Crippen molar-refractivity contribution in [1.82, 2.24) is 4.57 Å². The van der Waals surface area contributed by atoms with Gasteiger partial charge in [0.15, 0.2) is 0 Å². The van der Waals surface area contributed by atoms with Crippen LogP contribution in [0, 0.1) is 13.8 Å². The van der Waals surface area contributed by atoms with E-state index in [1.54, 1.807) is 0 Å². The SMILES string of the molecule is Cc1ccc2c(c1)c1ccccc1n2-c1ccccc1.Cc1ccc2sc3ccccc3c2c1. The lowest BCUT2D eigenvalue weighted by Gasteiger charge is -2.07. The molecule has 0 amide bonds. The highest BCUT2D eigenvalue weighted by Crippen LogP contribution is 2.34. The highest BCUT2D eigenvalue weighted by atomic mass is 32.1. The lowest BCUT2D eigenvalue weighted by atomic mass is 10.1. The molecule has 2 heterocycles. The summed E-state index contributed by atoms with van der Waals surface area (Å²) in [4.78, 5) is 0. The Kier molecular flexibility index (Phi) is 5.16. The Hall–Kier alpha value is -3.88. The molecule has 0 atom stereocenters. The maximum Gasteiger partial charge on any atom is 0.0541 e. The predicted molar refractivity (Wildman–Crippen MR) is 150 cm³/mol. The number of aryl methyl sites for hydroxylation is 2. The van der Waals surface area contributed by atoms with E-state index in [9.17, 15) is 0 Å². The number of benzene rings is 5. The Morgan fingerprint density at radius 3 is 1.88 bits per heavy atom. The third-order valence-electron chi connectivity index (χ3n) is 6.37. The number of para-hydroxylation sites is 2. The van der Waals surface area contributed by atoms with E-state index in [0.717, 1.165) is 0 Å². The Balaban J connectivity index is 0.000000136. The molecule has 0 N–H and O–H groups in total. The summed E-state index contributed by atoms with van der Waals surface area (Å²) in [6, 6.07) is 41.1. The monoisotopic (exact) mass is 455 g/mol. The molecule has 7 rings (SSSR count). The van der Waals surface area contributed by atoms with Crippen LogP contribution >= 0.6 is 11.3 Å². The Labute approximate surface area is 203 Å². The summed E-state index contributed by atoms with van der Waals surface area (Å²) < 4.78 is 5.11. The molecule has 0 aliphatic rings. The van der Waals surface area contributed by atoms with Crippen LogP contribution in [0.15, 0.2) is 115 Å². The third-order valence-corrected chi connectivity index (χ3v) is 7.53. The first-order chi connectivity index (χ1) is 16.7. The van der Waals surface area contributed by atoms with Gasteiger partial charge in [-0.2, -0.15) is 0 Å². The number of hydrogen-bond acceptors (Lipinski definition) is 1. The van der Waals surface area contributed by atoms with Crippen LogP contribution in [-0.4, -0.2) is 4.57 Å². The van der Waals surface area contributed by atoms with E-state index < -0.39 is 0 Å². The number of hydrogen-bond donors (Lipinski definition) is 0. The van der Waals surface area contributed by atoms with Crippen LogP contribution in [0.4, 0.5) is 0 Å². The van der Waals surface area contributed by atoms with Gasteiger partial charge in [-0.25, -0.2) is 0 Å². The lowest BCUT2D eigenvalue weighted by Crippen LogP contribution is -1.92. The molecule has 2 aromatic heterocycles. The number of nitrogens with zero attached hydrogens (tertiary/aromatic N) is 1. The topological polar surface area (TPSA) is 4.93 Å².